The van der Waals surface area contributed by atoms with Crippen LogP contribution < -0.4 is 11.1 Å². The fraction of sp³-hybridized carbons (Fsp3) is 0.500. The number of nitrogens with one attached hydrogen (secondary N) is 1. The lowest BCUT2D eigenvalue weighted by atomic mass is 9.86. The average molecular weight is 307 g/mol. The molecule has 1 aromatic carbocycles. The predicted molar refractivity (Wildman–Crippen MR) is 77.6 cm³/mol. The molecular weight excluding hydrogens is 286 g/mol. The van der Waals surface area contributed by atoms with E-state index in [1.165, 1.54) is 6.07 Å². The van der Waals surface area contributed by atoms with Gasteiger partial charge < -0.3 is 11.1 Å². The summed E-state index contributed by atoms with van der Waals surface area (Å²) in [6, 6.07) is 2.45. The second-order valence-electron chi connectivity index (χ2n) is 5.75. The lowest BCUT2D eigenvalue weighted by Crippen LogP contribution is -2.49. The maximum absolute atomic E-state index is 13.1. The van der Waals surface area contributed by atoms with Crippen molar-refractivity contribution in [1.29, 1.82) is 0 Å². The molecule has 0 aromatic heterocycles. The Bertz CT molecular complexity index is 475. The Balaban J connectivity index is 0.00000361. The molecule has 1 unspecified atom stereocenters. The van der Waals surface area contributed by atoms with Crippen molar-refractivity contribution < 1.29 is 13.6 Å². The SMILES string of the molecule is CC(NC(=O)[C@@H](N)C(C)(C)C)c1ccc(F)c(F)c1.Cl. The van der Waals surface area contributed by atoms with Gasteiger partial charge in [0.05, 0.1) is 12.1 Å². The summed E-state index contributed by atoms with van der Waals surface area (Å²) >= 11 is 0. The first-order chi connectivity index (χ1) is 8.62. The Morgan fingerprint density at radius 2 is 1.80 bits per heavy atom. The summed E-state index contributed by atoms with van der Waals surface area (Å²) in [7, 11) is 0. The molecule has 0 heterocycles. The minimum absolute atomic E-state index is 0. The van der Waals surface area contributed by atoms with Crippen LogP contribution in [0.15, 0.2) is 18.2 Å². The first-order valence-electron chi connectivity index (χ1n) is 6.14. The van der Waals surface area contributed by atoms with E-state index in [4.69, 9.17) is 5.73 Å². The molecule has 0 radical (unpaired) electrons. The first kappa shape index (κ1) is 18.8. The smallest absolute Gasteiger partial charge is 0.237 e. The molecule has 1 aromatic rings. The van der Waals surface area contributed by atoms with Crippen molar-refractivity contribution in [3.63, 3.8) is 0 Å². The molecule has 0 aliphatic heterocycles. The molecule has 0 aliphatic rings. The molecular formula is C14H21ClF2N2O. The van der Waals surface area contributed by atoms with E-state index in [0.717, 1.165) is 12.1 Å². The highest BCUT2D eigenvalue weighted by molar-refractivity contribution is 5.85. The molecule has 1 rings (SSSR count). The number of hydrogen-bond donors (Lipinski definition) is 2. The van der Waals surface area contributed by atoms with Crippen molar-refractivity contribution in [2.75, 3.05) is 0 Å². The van der Waals surface area contributed by atoms with Crippen molar-refractivity contribution in [3.05, 3.63) is 35.4 Å². The molecule has 6 heteroatoms. The maximum atomic E-state index is 13.1. The quantitative estimate of drug-likeness (QED) is 0.902. The van der Waals surface area contributed by atoms with Gasteiger partial charge in [-0.2, -0.15) is 0 Å². The molecule has 20 heavy (non-hydrogen) atoms. The fourth-order valence-electron chi connectivity index (χ4n) is 1.56. The molecule has 0 spiro atoms. The first-order valence-corrected chi connectivity index (χ1v) is 6.14. The number of carbonyl (C=O) groups excluding carboxylic acids is 1. The number of rotatable bonds is 3. The number of amides is 1. The van der Waals surface area contributed by atoms with Gasteiger partial charge in [-0.1, -0.05) is 26.8 Å². The highest BCUT2D eigenvalue weighted by Crippen LogP contribution is 2.20. The molecule has 1 amide bonds. The number of carbonyl (C=O) groups is 1. The summed E-state index contributed by atoms with van der Waals surface area (Å²) in [6.07, 6.45) is 0. The Kier molecular flexibility index (Phi) is 6.58. The summed E-state index contributed by atoms with van der Waals surface area (Å²) < 4.78 is 25.9. The van der Waals surface area contributed by atoms with Gasteiger partial charge in [-0.3, -0.25) is 4.79 Å². The van der Waals surface area contributed by atoms with Gasteiger partial charge in [-0.05, 0) is 30.0 Å². The summed E-state index contributed by atoms with van der Waals surface area (Å²) in [6.45, 7) is 7.28. The summed E-state index contributed by atoms with van der Waals surface area (Å²) in [5, 5.41) is 2.70. The largest absolute Gasteiger partial charge is 0.348 e. The van der Waals surface area contributed by atoms with Crippen molar-refractivity contribution in [2.24, 2.45) is 11.1 Å². The standard InChI is InChI=1S/C14H20F2N2O.ClH/c1-8(9-5-6-10(15)11(16)7-9)18-13(19)12(17)14(2,3)4;/h5-8,12H,17H2,1-4H3,(H,18,19);1H/t8?,12-;/m1./s1. The van der Waals surface area contributed by atoms with Gasteiger partial charge in [0.2, 0.25) is 5.91 Å². The van der Waals surface area contributed by atoms with E-state index in [1.807, 2.05) is 20.8 Å². The van der Waals surface area contributed by atoms with Crippen LogP contribution in [0.4, 0.5) is 8.78 Å². The average Bonchev–Trinajstić information content (AvgIpc) is 2.30. The van der Waals surface area contributed by atoms with Crippen LogP contribution in [0, 0.1) is 17.0 Å². The molecule has 0 aliphatic carbocycles. The third-order valence-electron chi connectivity index (χ3n) is 3.02. The lowest BCUT2D eigenvalue weighted by Gasteiger charge is -2.27. The second kappa shape index (κ2) is 6.99. The van der Waals surface area contributed by atoms with E-state index in [0.29, 0.717) is 5.56 Å². The normalized spacial score (nSPS) is 14.2. The topological polar surface area (TPSA) is 55.1 Å². The van der Waals surface area contributed by atoms with E-state index >= 15 is 0 Å². The van der Waals surface area contributed by atoms with Crippen LogP contribution in [-0.4, -0.2) is 11.9 Å². The van der Waals surface area contributed by atoms with Crippen molar-refractivity contribution >= 4 is 18.3 Å². The van der Waals surface area contributed by atoms with E-state index in [-0.39, 0.29) is 23.7 Å². The highest BCUT2D eigenvalue weighted by atomic mass is 35.5. The summed E-state index contributed by atoms with van der Waals surface area (Å²) in [5.41, 5.74) is 5.96. The minimum atomic E-state index is -0.932. The van der Waals surface area contributed by atoms with Gasteiger partial charge in [0.25, 0.3) is 0 Å². The predicted octanol–water partition coefficient (Wildman–Crippen LogP) is 2.94. The number of hydrogen-bond acceptors (Lipinski definition) is 2. The molecule has 0 fully saturated rings. The monoisotopic (exact) mass is 306 g/mol. The molecule has 0 saturated heterocycles. The number of benzene rings is 1. The van der Waals surface area contributed by atoms with Crippen molar-refractivity contribution in [3.8, 4) is 0 Å². The lowest BCUT2D eigenvalue weighted by molar-refractivity contribution is -0.125. The molecule has 2 atom stereocenters. The van der Waals surface area contributed by atoms with E-state index < -0.39 is 23.7 Å². The third kappa shape index (κ3) is 4.72. The van der Waals surface area contributed by atoms with Crippen LogP contribution >= 0.6 is 12.4 Å². The highest BCUT2D eigenvalue weighted by Gasteiger charge is 2.28. The summed E-state index contributed by atoms with van der Waals surface area (Å²) in [5.74, 6) is -2.16. The zero-order chi connectivity index (χ0) is 14.8. The van der Waals surface area contributed by atoms with Crippen molar-refractivity contribution in [2.45, 2.75) is 39.8 Å². The molecule has 0 saturated carbocycles. The van der Waals surface area contributed by atoms with Crippen LogP contribution in [0.25, 0.3) is 0 Å². The Morgan fingerprint density at radius 1 is 1.25 bits per heavy atom. The Labute approximate surface area is 124 Å². The molecule has 3 N–H and O–H groups in total. The van der Waals surface area contributed by atoms with Gasteiger partial charge in [-0.15, -0.1) is 12.4 Å². The zero-order valence-corrected chi connectivity index (χ0v) is 12.9. The van der Waals surface area contributed by atoms with Crippen LogP contribution in [0.5, 0.6) is 0 Å². The van der Waals surface area contributed by atoms with E-state index in [1.54, 1.807) is 6.92 Å². The van der Waals surface area contributed by atoms with Gasteiger partial charge in [0, 0.05) is 0 Å². The van der Waals surface area contributed by atoms with Gasteiger partial charge >= 0.3 is 0 Å². The Morgan fingerprint density at radius 3 is 2.25 bits per heavy atom. The van der Waals surface area contributed by atoms with Crippen LogP contribution in [0.1, 0.15) is 39.3 Å². The maximum Gasteiger partial charge on any atom is 0.237 e. The van der Waals surface area contributed by atoms with E-state index in [9.17, 15) is 13.6 Å². The molecule has 114 valence electrons. The van der Waals surface area contributed by atoms with Crippen LogP contribution in [0.2, 0.25) is 0 Å². The van der Waals surface area contributed by atoms with Gasteiger partial charge in [0.1, 0.15) is 0 Å². The van der Waals surface area contributed by atoms with E-state index in [2.05, 4.69) is 5.32 Å². The number of nitrogens with two attached hydrogens (primary N) is 1. The summed E-state index contributed by atoms with van der Waals surface area (Å²) in [4.78, 5) is 11.9. The van der Waals surface area contributed by atoms with Crippen molar-refractivity contribution in [1.82, 2.24) is 5.32 Å². The van der Waals surface area contributed by atoms with Crippen LogP contribution in [-0.2, 0) is 4.79 Å². The van der Waals surface area contributed by atoms with Crippen LogP contribution in [0.3, 0.4) is 0 Å². The Hall–Kier alpha value is -1.20. The van der Waals surface area contributed by atoms with Gasteiger partial charge in [-0.25, -0.2) is 8.78 Å². The molecule has 3 nitrogen and oxygen atoms in total. The minimum Gasteiger partial charge on any atom is -0.348 e. The molecule has 0 bridgehead atoms. The third-order valence-corrected chi connectivity index (χ3v) is 3.02. The van der Waals surface area contributed by atoms with Gasteiger partial charge in [0.15, 0.2) is 11.6 Å². The number of halogens is 3. The second-order valence-corrected chi connectivity index (χ2v) is 5.75. The zero-order valence-electron chi connectivity index (χ0n) is 12.0. The fourth-order valence-corrected chi connectivity index (χ4v) is 1.56.